The van der Waals surface area contributed by atoms with Gasteiger partial charge in [0.25, 0.3) is 0 Å². The van der Waals surface area contributed by atoms with Crippen molar-refractivity contribution in [1.29, 1.82) is 0 Å². The van der Waals surface area contributed by atoms with E-state index in [9.17, 15) is 9.90 Å². The van der Waals surface area contributed by atoms with E-state index in [0.29, 0.717) is 46.7 Å². The van der Waals surface area contributed by atoms with E-state index in [1.807, 2.05) is 6.92 Å². The molecule has 1 aromatic heterocycles. The van der Waals surface area contributed by atoms with Gasteiger partial charge in [-0.25, -0.2) is 0 Å². The standard InChI is InChI=1S/C17H17NO5/c1-9-6-12-14-15(18-23-12)13-10(16(19)17(14,20)7-9)4-3-5-11(13)22-8-21-2/h3-5,9,20H,6-8H2,1-2H3/t9-,17+/m0/s1. The minimum atomic E-state index is -1.56. The molecule has 120 valence electrons. The number of fused-ring (bicyclic) bond motifs is 2. The molecule has 0 saturated heterocycles. The first-order valence-electron chi connectivity index (χ1n) is 7.57. The smallest absolute Gasteiger partial charge is 0.199 e. The predicted molar refractivity (Wildman–Crippen MR) is 80.2 cm³/mol. The van der Waals surface area contributed by atoms with Crippen molar-refractivity contribution in [2.24, 2.45) is 5.92 Å². The summed E-state index contributed by atoms with van der Waals surface area (Å²) < 4.78 is 16.0. The van der Waals surface area contributed by atoms with Gasteiger partial charge in [-0.1, -0.05) is 24.2 Å². The monoisotopic (exact) mass is 315 g/mol. The first-order valence-corrected chi connectivity index (χ1v) is 7.57. The van der Waals surface area contributed by atoms with Crippen molar-refractivity contribution < 1.29 is 23.9 Å². The zero-order valence-electron chi connectivity index (χ0n) is 13.0. The number of nitrogens with zero attached hydrogens (tertiary/aromatic N) is 1. The van der Waals surface area contributed by atoms with Crippen LogP contribution in [-0.2, 0) is 16.8 Å². The highest BCUT2D eigenvalue weighted by molar-refractivity contribution is 6.12. The molecule has 2 aliphatic carbocycles. The van der Waals surface area contributed by atoms with E-state index in [2.05, 4.69) is 5.16 Å². The second-order valence-electron chi connectivity index (χ2n) is 6.26. The van der Waals surface area contributed by atoms with Crippen LogP contribution in [0.4, 0.5) is 0 Å². The molecule has 1 aromatic carbocycles. The Morgan fingerprint density at radius 3 is 3.09 bits per heavy atom. The van der Waals surface area contributed by atoms with Crippen LogP contribution in [-0.4, -0.2) is 29.9 Å². The van der Waals surface area contributed by atoms with Gasteiger partial charge < -0.3 is 19.1 Å². The zero-order chi connectivity index (χ0) is 16.2. The number of benzene rings is 1. The summed E-state index contributed by atoms with van der Waals surface area (Å²) in [6.45, 7) is 2.05. The molecular weight excluding hydrogens is 298 g/mol. The molecule has 2 aromatic rings. The number of aliphatic hydroxyl groups is 1. The van der Waals surface area contributed by atoms with Gasteiger partial charge in [-0.15, -0.1) is 0 Å². The molecule has 0 spiro atoms. The fraction of sp³-hybridized carbons (Fsp3) is 0.412. The Bertz CT molecular complexity index is 796. The summed E-state index contributed by atoms with van der Waals surface area (Å²) in [5.74, 6) is 0.904. The molecule has 0 amide bonds. The molecule has 0 saturated carbocycles. The largest absolute Gasteiger partial charge is 0.467 e. The minimum absolute atomic E-state index is 0.0615. The van der Waals surface area contributed by atoms with E-state index >= 15 is 0 Å². The third-order valence-electron chi connectivity index (χ3n) is 4.57. The van der Waals surface area contributed by atoms with Crippen LogP contribution in [0.25, 0.3) is 11.3 Å². The third-order valence-corrected chi connectivity index (χ3v) is 4.57. The van der Waals surface area contributed by atoms with Crippen molar-refractivity contribution >= 4 is 5.78 Å². The minimum Gasteiger partial charge on any atom is -0.467 e. The number of ether oxygens (including phenoxy) is 2. The fourth-order valence-corrected chi connectivity index (χ4v) is 3.69. The average molecular weight is 315 g/mol. The second-order valence-corrected chi connectivity index (χ2v) is 6.26. The highest BCUT2D eigenvalue weighted by Crippen LogP contribution is 2.51. The number of hydrogen-bond acceptors (Lipinski definition) is 6. The second kappa shape index (κ2) is 4.91. The highest BCUT2D eigenvalue weighted by atomic mass is 16.7. The number of Topliss-reactive ketones (excluding diaryl/α,β-unsaturated/α-hetero) is 1. The third kappa shape index (κ3) is 1.88. The maximum Gasteiger partial charge on any atom is 0.199 e. The Hall–Kier alpha value is -2.18. The molecule has 0 radical (unpaired) electrons. The number of hydrogen-bond donors (Lipinski definition) is 1. The van der Waals surface area contributed by atoms with Gasteiger partial charge in [-0.3, -0.25) is 4.79 Å². The van der Waals surface area contributed by atoms with Crippen molar-refractivity contribution in [2.75, 3.05) is 13.9 Å². The van der Waals surface area contributed by atoms with Crippen molar-refractivity contribution in [2.45, 2.75) is 25.4 Å². The Kier molecular flexibility index (Phi) is 3.08. The van der Waals surface area contributed by atoms with Crippen molar-refractivity contribution in [3.63, 3.8) is 0 Å². The van der Waals surface area contributed by atoms with Gasteiger partial charge in [0.05, 0.1) is 11.1 Å². The van der Waals surface area contributed by atoms with Crippen molar-refractivity contribution in [3.05, 3.63) is 35.1 Å². The van der Waals surface area contributed by atoms with Gasteiger partial charge in [0.1, 0.15) is 17.2 Å². The average Bonchev–Trinajstić information content (AvgIpc) is 2.95. The van der Waals surface area contributed by atoms with Gasteiger partial charge in [-0.05, 0) is 18.4 Å². The molecule has 0 bridgehead atoms. The lowest BCUT2D eigenvalue weighted by atomic mass is 9.68. The summed E-state index contributed by atoms with van der Waals surface area (Å²) in [5.41, 5.74) is 0.411. The van der Waals surface area contributed by atoms with Crippen LogP contribution in [0.15, 0.2) is 22.7 Å². The molecule has 6 heteroatoms. The summed E-state index contributed by atoms with van der Waals surface area (Å²) >= 11 is 0. The molecule has 0 fully saturated rings. The number of rotatable bonds is 3. The fourth-order valence-electron chi connectivity index (χ4n) is 3.69. The summed E-state index contributed by atoms with van der Waals surface area (Å²) in [7, 11) is 1.53. The quantitative estimate of drug-likeness (QED) is 0.875. The summed E-state index contributed by atoms with van der Waals surface area (Å²) in [6.07, 6.45) is 1.03. The number of carbonyl (C=O) groups is 1. The maximum atomic E-state index is 13.0. The van der Waals surface area contributed by atoms with Gasteiger partial charge in [0.15, 0.2) is 18.2 Å². The topological polar surface area (TPSA) is 81.8 Å². The van der Waals surface area contributed by atoms with Crippen LogP contribution in [0.3, 0.4) is 0 Å². The Morgan fingerprint density at radius 1 is 1.48 bits per heavy atom. The normalized spacial score (nSPS) is 25.0. The molecular formula is C17H17NO5. The number of aromatic nitrogens is 1. The highest BCUT2D eigenvalue weighted by Gasteiger charge is 2.52. The van der Waals surface area contributed by atoms with Crippen LogP contribution >= 0.6 is 0 Å². The molecule has 2 atom stereocenters. The van der Waals surface area contributed by atoms with E-state index in [1.54, 1.807) is 18.2 Å². The lowest BCUT2D eigenvalue weighted by Gasteiger charge is -2.37. The number of methoxy groups -OCH3 is 1. The Labute approximate surface area is 133 Å². The zero-order valence-corrected chi connectivity index (χ0v) is 13.0. The van der Waals surface area contributed by atoms with Crippen LogP contribution in [0.1, 0.15) is 35.0 Å². The lowest BCUT2D eigenvalue weighted by molar-refractivity contribution is 0.00939. The Morgan fingerprint density at radius 2 is 2.30 bits per heavy atom. The van der Waals surface area contributed by atoms with Crippen LogP contribution in [0.2, 0.25) is 0 Å². The van der Waals surface area contributed by atoms with E-state index < -0.39 is 5.60 Å². The van der Waals surface area contributed by atoms with E-state index in [-0.39, 0.29) is 18.5 Å². The maximum absolute atomic E-state index is 13.0. The van der Waals surface area contributed by atoms with Crippen LogP contribution < -0.4 is 4.74 Å². The van der Waals surface area contributed by atoms with E-state index in [1.165, 1.54) is 7.11 Å². The predicted octanol–water partition coefficient (Wildman–Crippen LogP) is 2.29. The van der Waals surface area contributed by atoms with E-state index in [0.717, 1.165) is 0 Å². The molecule has 2 aliphatic rings. The molecule has 23 heavy (non-hydrogen) atoms. The van der Waals surface area contributed by atoms with Gasteiger partial charge in [0.2, 0.25) is 0 Å². The lowest BCUT2D eigenvalue weighted by Crippen LogP contribution is -2.43. The van der Waals surface area contributed by atoms with Gasteiger partial charge in [-0.2, -0.15) is 0 Å². The summed E-state index contributed by atoms with van der Waals surface area (Å²) in [6, 6.07) is 5.16. The SMILES string of the molecule is COCOc1cccc2c1-c1noc3c1[C@](O)(C[C@@H](C)C3)C2=O. The van der Waals surface area contributed by atoms with E-state index in [4.69, 9.17) is 14.0 Å². The summed E-state index contributed by atoms with van der Waals surface area (Å²) in [5, 5.41) is 15.2. The van der Waals surface area contributed by atoms with Crippen LogP contribution in [0, 0.1) is 5.92 Å². The molecule has 1 heterocycles. The first kappa shape index (κ1) is 14.4. The molecule has 4 rings (SSSR count). The number of carbonyl (C=O) groups excluding carboxylic acids is 1. The molecule has 1 N–H and O–H groups in total. The Balaban J connectivity index is 1.97. The molecule has 0 unspecified atom stereocenters. The van der Waals surface area contributed by atoms with Gasteiger partial charge in [0, 0.05) is 19.1 Å². The van der Waals surface area contributed by atoms with Gasteiger partial charge >= 0.3 is 0 Å². The molecule has 0 aliphatic heterocycles. The van der Waals surface area contributed by atoms with Crippen molar-refractivity contribution in [1.82, 2.24) is 5.16 Å². The van der Waals surface area contributed by atoms with Crippen molar-refractivity contribution in [3.8, 4) is 17.0 Å². The summed E-state index contributed by atoms with van der Waals surface area (Å²) in [4.78, 5) is 13.0. The number of ketones is 1. The first-order chi connectivity index (χ1) is 11.1. The molecule has 6 nitrogen and oxygen atoms in total. The van der Waals surface area contributed by atoms with Crippen LogP contribution in [0.5, 0.6) is 5.75 Å².